The number of carbonyl (C=O) groups excluding carboxylic acids is 1. The summed E-state index contributed by atoms with van der Waals surface area (Å²) in [6.45, 7) is 1.89. The summed E-state index contributed by atoms with van der Waals surface area (Å²) in [6.07, 6.45) is 1.48. The summed E-state index contributed by atoms with van der Waals surface area (Å²) in [7, 11) is -3.99. The SMILES string of the molecule is CC#CCOc1ccc(S(=O)(=O)NC(C(=O)NO)C2CCC(O)CC2)cc1. The second-order valence-corrected chi connectivity index (χ2v) is 8.04. The molecule has 1 amide bonds. The van der Waals surface area contributed by atoms with Crippen molar-refractivity contribution in [1.29, 1.82) is 0 Å². The molecule has 1 aliphatic carbocycles. The van der Waals surface area contributed by atoms with Gasteiger partial charge in [-0.2, -0.15) is 4.72 Å². The zero-order valence-corrected chi connectivity index (χ0v) is 15.8. The number of nitrogens with one attached hydrogen (secondary N) is 2. The molecule has 2 rings (SSSR count). The van der Waals surface area contributed by atoms with Gasteiger partial charge in [-0.25, -0.2) is 13.9 Å². The van der Waals surface area contributed by atoms with Gasteiger partial charge >= 0.3 is 0 Å². The van der Waals surface area contributed by atoms with E-state index in [-0.39, 0.29) is 17.4 Å². The van der Waals surface area contributed by atoms with Crippen LogP contribution >= 0.6 is 0 Å². The van der Waals surface area contributed by atoms with Crippen LogP contribution in [0.3, 0.4) is 0 Å². The van der Waals surface area contributed by atoms with Crippen LogP contribution in [0.1, 0.15) is 32.6 Å². The highest BCUT2D eigenvalue weighted by atomic mass is 32.2. The van der Waals surface area contributed by atoms with Crippen LogP contribution < -0.4 is 14.9 Å². The van der Waals surface area contributed by atoms with Crippen LogP contribution in [0.5, 0.6) is 5.75 Å². The van der Waals surface area contributed by atoms with Crippen LogP contribution in [-0.2, 0) is 14.8 Å². The van der Waals surface area contributed by atoms with Crippen molar-refractivity contribution in [3.63, 3.8) is 0 Å². The molecule has 0 saturated heterocycles. The summed E-state index contributed by atoms with van der Waals surface area (Å²) in [4.78, 5) is 12.0. The highest BCUT2D eigenvalue weighted by molar-refractivity contribution is 7.89. The first-order valence-corrected chi connectivity index (χ1v) is 10.1. The highest BCUT2D eigenvalue weighted by Crippen LogP contribution is 2.28. The lowest BCUT2D eigenvalue weighted by Gasteiger charge is -2.31. The fraction of sp³-hybridized carbons (Fsp3) is 0.500. The Balaban J connectivity index is 2.12. The van der Waals surface area contributed by atoms with Gasteiger partial charge in [0.1, 0.15) is 18.4 Å². The highest BCUT2D eigenvalue weighted by Gasteiger charge is 2.35. The molecule has 0 spiro atoms. The number of hydroxylamine groups is 1. The minimum Gasteiger partial charge on any atom is -0.481 e. The fourth-order valence-electron chi connectivity index (χ4n) is 3.01. The number of carbonyl (C=O) groups is 1. The summed E-state index contributed by atoms with van der Waals surface area (Å²) in [6, 6.07) is 4.63. The maximum Gasteiger partial charge on any atom is 0.261 e. The lowest BCUT2D eigenvalue weighted by molar-refractivity contribution is -0.132. The average molecular weight is 396 g/mol. The summed E-state index contributed by atoms with van der Waals surface area (Å²) in [5, 5.41) is 18.6. The molecule has 27 heavy (non-hydrogen) atoms. The lowest BCUT2D eigenvalue weighted by Crippen LogP contribution is -2.51. The molecule has 4 N–H and O–H groups in total. The van der Waals surface area contributed by atoms with Crippen molar-refractivity contribution < 1.29 is 28.3 Å². The first-order chi connectivity index (χ1) is 12.9. The molecule has 1 unspecified atom stereocenters. The molecular weight excluding hydrogens is 372 g/mol. The minimum absolute atomic E-state index is 0.0250. The van der Waals surface area contributed by atoms with Crippen LogP contribution in [0.25, 0.3) is 0 Å². The number of rotatable bonds is 7. The normalized spacial score (nSPS) is 20.9. The van der Waals surface area contributed by atoms with Crippen molar-refractivity contribution >= 4 is 15.9 Å². The van der Waals surface area contributed by atoms with Crippen LogP contribution in [0.4, 0.5) is 0 Å². The fourth-order valence-corrected chi connectivity index (χ4v) is 4.27. The molecule has 0 bridgehead atoms. The number of aliphatic hydroxyl groups is 1. The van der Waals surface area contributed by atoms with E-state index in [2.05, 4.69) is 16.6 Å². The largest absolute Gasteiger partial charge is 0.481 e. The van der Waals surface area contributed by atoms with Crippen LogP contribution in [0, 0.1) is 17.8 Å². The van der Waals surface area contributed by atoms with Gasteiger partial charge in [0.2, 0.25) is 10.0 Å². The molecule has 1 saturated carbocycles. The van der Waals surface area contributed by atoms with Gasteiger partial charge in [0.25, 0.3) is 5.91 Å². The van der Waals surface area contributed by atoms with E-state index in [1.165, 1.54) is 29.7 Å². The van der Waals surface area contributed by atoms with Gasteiger partial charge in [-0.05, 0) is 62.8 Å². The monoisotopic (exact) mass is 396 g/mol. The molecule has 1 aliphatic rings. The van der Waals surface area contributed by atoms with Crippen LogP contribution in [-0.4, -0.2) is 43.4 Å². The predicted molar refractivity (Wildman–Crippen MR) is 97.4 cm³/mol. The number of benzene rings is 1. The lowest BCUT2D eigenvalue weighted by atomic mass is 9.82. The van der Waals surface area contributed by atoms with Crippen molar-refractivity contribution in [2.45, 2.75) is 49.6 Å². The van der Waals surface area contributed by atoms with Gasteiger partial charge in [0.15, 0.2) is 0 Å². The van der Waals surface area contributed by atoms with Crippen LogP contribution in [0.15, 0.2) is 29.2 Å². The van der Waals surface area contributed by atoms with Crippen molar-refractivity contribution in [1.82, 2.24) is 10.2 Å². The van der Waals surface area contributed by atoms with E-state index in [0.29, 0.717) is 31.4 Å². The summed E-state index contributed by atoms with van der Waals surface area (Å²) in [5.41, 5.74) is 1.52. The molecule has 1 aromatic rings. The summed E-state index contributed by atoms with van der Waals surface area (Å²) in [5.74, 6) is 4.77. The average Bonchev–Trinajstić information content (AvgIpc) is 2.67. The Morgan fingerprint density at radius 3 is 2.44 bits per heavy atom. The topological polar surface area (TPSA) is 125 Å². The number of sulfonamides is 1. The maximum absolute atomic E-state index is 12.7. The van der Waals surface area contributed by atoms with Crippen molar-refractivity contribution in [2.75, 3.05) is 6.61 Å². The Bertz CT molecular complexity index is 789. The molecule has 8 nitrogen and oxygen atoms in total. The Kier molecular flexibility index (Phi) is 7.62. The molecular formula is C18H24N2O6S. The number of hydrogen-bond donors (Lipinski definition) is 4. The Morgan fingerprint density at radius 2 is 1.89 bits per heavy atom. The molecule has 1 aromatic carbocycles. The molecule has 0 aliphatic heterocycles. The number of amides is 1. The van der Waals surface area contributed by atoms with E-state index in [1.54, 1.807) is 6.92 Å². The minimum atomic E-state index is -3.99. The van der Waals surface area contributed by atoms with Gasteiger partial charge in [0, 0.05) is 0 Å². The van der Waals surface area contributed by atoms with Crippen LogP contribution in [0.2, 0.25) is 0 Å². The first kappa shape index (κ1) is 21.2. The molecule has 0 radical (unpaired) electrons. The quantitative estimate of drug-likeness (QED) is 0.307. The maximum atomic E-state index is 12.7. The number of aliphatic hydroxyl groups excluding tert-OH is 1. The number of hydrogen-bond acceptors (Lipinski definition) is 6. The molecule has 148 valence electrons. The van der Waals surface area contributed by atoms with Crippen molar-refractivity contribution in [2.24, 2.45) is 5.92 Å². The Morgan fingerprint density at radius 1 is 1.26 bits per heavy atom. The predicted octanol–water partition coefficient (Wildman–Crippen LogP) is 0.792. The van der Waals surface area contributed by atoms with E-state index in [9.17, 15) is 18.3 Å². The third kappa shape index (κ3) is 5.94. The van der Waals surface area contributed by atoms with Gasteiger partial charge in [-0.1, -0.05) is 5.92 Å². The molecule has 1 atom stereocenters. The van der Waals surface area contributed by atoms with E-state index in [4.69, 9.17) is 9.94 Å². The Labute approximate surface area is 158 Å². The van der Waals surface area contributed by atoms with E-state index in [1.807, 2.05) is 0 Å². The molecule has 0 heterocycles. The zero-order chi connectivity index (χ0) is 19.9. The third-order valence-corrected chi connectivity index (χ3v) is 5.97. The number of ether oxygens (including phenoxy) is 1. The molecule has 1 fully saturated rings. The smallest absolute Gasteiger partial charge is 0.261 e. The summed E-state index contributed by atoms with van der Waals surface area (Å²) < 4.78 is 33.0. The molecule has 9 heteroatoms. The van der Waals surface area contributed by atoms with E-state index < -0.39 is 28.1 Å². The van der Waals surface area contributed by atoms with Crippen molar-refractivity contribution in [3.05, 3.63) is 24.3 Å². The first-order valence-electron chi connectivity index (χ1n) is 8.64. The van der Waals surface area contributed by atoms with Gasteiger partial charge in [-0.3, -0.25) is 10.0 Å². The standard InChI is InChI=1S/C18H24N2O6S/c1-2-3-12-26-15-8-10-16(11-9-15)27(24,25)20-17(18(22)19-23)13-4-6-14(21)7-5-13/h8-11,13-14,17,20-21,23H,4-7,12H2,1H3,(H,19,22). The zero-order valence-electron chi connectivity index (χ0n) is 15.0. The Hall–Kier alpha value is -2.12. The molecule has 0 aromatic heterocycles. The van der Waals surface area contributed by atoms with Gasteiger partial charge < -0.3 is 9.84 Å². The third-order valence-electron chi connectivity index (χ3n) is 4.51. The second-order valence-electron chi connectivity index (χ2n) is 6.33. The van der Waals surface area contributed by atoms with Gasteiger partial charge in [-0.15, -0.1) is 5.92 Å². The summed E-state index contributed by atoms with van der Waals surface area (Å²) >= 11 is 0. The van der Waals surface area contributed by atoms with Crippen molar-refractivity contribution in [3.8, 4) is 17.6 Å². The van der Waals surface area contributed by atoms with E-state index in [0.717, 1.165) is 0 Å². The van der Waals surface area contributed by atoms with E-state index >= 15 is 0 Å². The van der Waals surface area contributed by atoms with Gasteiger partial charge in [0.05, 0.1) is 11.0 Å². The second kappa shape index (κ2) is 9.71.